The molecule has 19 heavy (non-hydrogen) atoms. The second-order valence-corrected chi connectivity index (χ2v) is 5.60. The maximum absolute atomic E-state index is 8.85. The predicted octanol–water partition coefficient (Wildman–Crippen LogP) is 4.61. The molecular formula is C16H23ClN2. The van der Waals surface area contributed by atoms with Crippen LogP contribution in [0.25, 0.3) is 0 Å². The molecule has 0 fully saturated rings. The lowest BCUT2D eigenvalue weighted by Crippen LogP contribution is -2.31. The van der Waals surface area contributed by atoms with Gasteiger partial charge < -0.3 is 0 Å². The fraction of sp³-hybridized carbons (Fsp3) is 0.562. The van der Waals surface area contributed by atoms with Gasteiger partial charge in [0.15, 0.2) is 0 Å². The summed E-state index contributed by atoms with van der Waals surface area (Å²) in [6, 6.07) is 8.18. The van der Waals surface area contributed by atoms with Crippen LogP contribution in [0.15, 0.2) is 18.2 Å². The minimum absolute atomic E-state index is 0.503. The lowest BCUT2D eigenvalue weighted by Gasteiger charge is -2.27. The standard InChI is InChI=1S/C16H23ClN2/c1-4-5-6-9-19(13(2)3)12-15-8-7-14(11-18)10-16(15)17/h7-8,10,13H,4-6,9,12H2,1-3H3. The van der Waals surface area contributed by atoms with E-state index in [0.717, 1.165) is 18.7 Å². The van der Waals surface area contributed by atoms with Crippen LogP contribution in [-0.2, 0) is 6.54 Å². The Kier molecular flexibility index (Phi) is 6.91. The second-order valence-electron chi connectivity index (χ2n) is 5.19. The van der Waals surface area contributed by atoms with Crippen molar-refractivity contribution >= 4 is 11.6 Å². The molecule has 0 saturated carbocycles. The Morgan fingerprint density at radius 2 is 2.05 bits per heavy atom. The van der Waals surface area contributed by atoms with E-state index in [1.54, 1.807) is 6.07 Å². The summed E-state index contributed by atoms with van der Waals surface area (Å²) in [5.74, 6) is 0. The quantitative estimate of drug-likeness (QED) is 0.681. The molecule has 0 unspecified atom stereocenters. The number of halogens is 1. The highest BCUT2D eigenvalue weighted by Gasteiger charge is 2.12. The first-order valence-electron chi connectivity index (χ1n) is 7.01. The van der Waals surface area contributed by atoms with Crippen molar-refractivity contribution in [2.75, 3.05) is 6.54 Å². The largest absolute Gasteiger partial charge is 0.297 e. The Balaban J connectivity index is 2.71. The van der Waals surface area contributed by atoms with Crippen molar-refractivity contribution < 1.29 is 0 Å². The average molecular weight is 279 g/mol. The van der Waals surface area contributed by atoms with E-state index in [-0.39, 0.29) is 0 Å². The third-order valence-electron chi connectivity index (χ3n) is 3.33. The zero-order valence-electron chi connectivity index (χ0n) is 12.1. The first-order chi connectivity index (χ1) is 9.08. The molecule has 3 heteroatoms. The van der Waals surface area contributed by atoms with Crippen LogP contribution in [0.5, 0.6) is 0 Å². The van der Waals surface area contributed by atoms with Gasteiger partial charge in [0, 0.05) is 17.6 Å². The fourth-order valence-electron chi connectivity index (χ4n) is 2.05. The number of nitrogens with zero attached hydrogens (tertiary/aromatic N) is 2. The van der Waals surface area contributed by atoms with Gasteiger partial charge in [-0.05, 0) is 44.5 Å². The third kappa shape index (κ3) is 5.22. The minimum Gasteiger partial charge on any atom is -0.297 e. The number of rotatable bonds is 7. The van der Waals surface area contributed by atoms with Crippen LogP contribution in [0.2, 0.25) is 5.02 Å². The SMILES string of the molecule is CCCCCN(Cc1ccc(C#N)cc1Cl)C(C)C. The minimum atomic E-state index is 0.503. The molecule has 1 rings (SSSR count). The summed E-state index contributed by atoms with van der Waals surface area (Å²) >= 11 is 6.24. The number of unbranched alkanes of at least 4 members (excludes halogenated alkanes) is 2. The molecule has 0 aliphatic rings. The molecule has 0 radical (unpaired) electrons. The van der Waals surface area contributed by atoms with Gasteiger partial charge in [0.1, 0.15) is 0 Å². The molecule has 0 aromatic heterocycles. The lowest BCUT2D eigenvalue weighted by molar-refractivity contribution is 0.208. The molecular weight excluding hydrogens is 256 g/mol. The smallest absolute Gasteiger partial charge is 0.0992 e. The summed E-state index contributed by atoms with van der Waals surface area (Å²) in [6.07, 6.45) is 3.73. The summed E-state index contributed by atoms with van der Waals surface area (Å²) in [5.41, 5.74) is 1.72. The summed E-state index contributed by atoms with van der Waals surface area (Å²) in [6.45, 7) is 8.60. The van der Waals surface area contributed by atoms with E-state index in [9.17, 15) is 0 Å². The molecule has 2 nitrogen and oxygen atoms in total. The van der Waals surface area contributed by atoms with Crippen LogP contribution in [0.4, 0.5) is 0 Å². The van der Waals surface area contributed by atoms with Gasteiger partial charge in [0.2, 0.25) is 0 Å². The number of hydrogen-bond donors (Lipinski definition) is 0. The van der Waals surface area contributed by atoms with Gasteiger partial charge in [-0.15, -0.1) is 0 Å². The second kappa shape index (κ2) is 8.19. The Morgan fingerprint density at radius 1 is 1.32 bits per heavy atom. The summed E-state index contributed by atoms with van der Waals surface area (Å²) in [4.78, 5) is 2.43. The Bertz CT molecular complexity index is 435. The molecule has 1 aromatic rings. The first kappa shape index (κ1) is 16.0. The number of hydrogen-bond acceptors (Lipinski definition) is 2. The van der Waals surface area contributed by atoms with E-state index in [1.165, 1.54) is 19.3 Å². The number of nitriles is 1. The van der Waals surface area contributed by atoms with E-state index in [4.69, 9.17) is 16.9 Å². The normalized spacial score (nSPS) is 11.0. The van der Waals surface area contributed by atoms with Gasteiger partial charge in [-0.2, -0.15) is 5.26 Å². The van der Waals surface area contributed by atoms with Gasteiger partial charge in [0.05, 0.1) is 11.6 Å². The molecule has 0 aliphatic heterocycles. The van der Waals surface area contributed by atoms with E-state index < -0.39 is 0 Å². The molecule has 0 amide bonds. The van der Waals surface area contributed by atoms with Crippen LogP contribution >= 0.6 is 11.6 Å². The van der Waals surface area contributed by atoms with Crippen molar-refractivity contribution in [3.8, 4) is 6.07 Å². The van der Waals surface area contributed by atoms with E-state index in [2.05, 4.69) is 31.7 Å². The highest BCUT2D eigenvalue weighted by Crippen LogP contribution is 2.20. The molecule has 104 valence electrons. The van der Waals surface area contributed by atoms with Crippen molar-refractivity contribution in [3.05, 3.63) is 34.3 Å². The van der Waals surface area contributed by atoms with E-state index >= 15 is 0 Å². The molecule has 1 aromatic carbocycles. The van der Waals surface area contributed by atoms with Crippen molar-refractivity contribution in [1.82, 2.24) is 4.90 Å². The van der Waals surface area contributed by atoms with Crippen molar-refractivity contribution in [2.24, 2.45) is 0 Å². The highest BCUT2D eigenvalue weighted by molar-refractivity contribution is 6.31. The van der Waals surface area contributed by atoms with Gasteiger partial charge in [-0.25, -0.2) is 0 Å². The van der Waals surface area contributed by atoms with Crippen LogP contribution in [0.1, 0.15) is 51.2 Å². The third-order valence-corrected chi connectivity index (χ3v) is 3.69. The average Bonchev–Trinajstić information content (AvgIpc) is 2.39. The molecule has 0 saturated heterocycles. The monoisotopic (exact) mass is 278 g/mol. The maximum atomic E-state index is 8.85. The van der Waals surface area contributed by atoms with Crippen LogP contribution in [0.3, 0.4) is 0 Å². The Morgan fingerprint density at radius 3 is 2.58 bits per heavy atom. The first-order valence-corrected chi connectivity index (χ1v) is 7.38. The zero-order valence-corrected chi connectivity index (χ0v) is 12.9. The molecule has 0 atom stereocenters. The molecule has 0 bridgehead atoms. The van der Waals surface area contributed by atoms with Crippen molar-refractivity contribution in [3.63, 3.8) is 0 Å². The molecule has 0 spiro atoms. The summed E-state index contributed by atoms with van der Waals surface area (Å²) in [7, 11) is 0. The Labute approximate surface area is 122 Å². The van der Waals surface area contributed by atoms with Crippen LogP contribution < -0.4 is 0 Å². The molecule has 0 heterocycles. The maximum Gasteiger partial charge on any atom is 0.0992 e. The fourth-order valence-corrected chi connectivity index (χ4v) is 2.29. The highest BCUT2D eigenvalue weighted by atomic mass is 35.5. The molecule has 0 aliphatic carbocycles. The van der Waals surface area contributed by atoms with Gasteiger partial charge in [0.25, 0.3) is 0 Å². The van der Waals surface area contributed by atoms with Gasteiger partial charge >= 0.3 is 0 Å². The topological polar surface area (TPSA) is 27.0 Å². The van der Waals surface area contributed by atoms with Crippen LogP contribution in [-0.4, -0.2) is 17.5 Å². The van der Waals surface area contributed by atoms with Crippen molar-refractivity contribution in [1.29, 1.82) is 5.26 Å². The lowest BCUT2D eigenvalue weighted by atomic mass is 10.1. The van der Waals surface area contributed by atoms with Crippen LogP contribution in [0, 0.1) is 11.3 Å². The Hall–Kier alpha value is -1.04. The zero-order chi connectivity index (χ0) is 14.3. The van der Waals surface area contributed by atoms with E-state index in [0.29, 0.717) is 16.6 Å². The van der Waals surface area contributed by atoms with Gasteiger partial charge in [-0.1, -0.05) is 37.4 Å². The number of benzene rings is 1. The molecule has 0 N–H and O–H groups in total. The summed E-state index contributed by atoms with van der Waals surface area (Å²) in [5, 5.41) is 9.54. The summed E-state index contributed by atoms with van der Waals surface area (Å²) < 4.78 is 0. The van der Waals surface area contributed by atoms with E-state index in [1.807, 2.05) is 12.1 Å². The van der Waals surface area contributed by atoms with Gasteiger partial charge in [-0.3, -0.25) is 4.90 Å². The van der Waals surface area contributed by atoms with Crippen molar-refractivity contribution in [2.45, 2.75) is 52.6 Å². The predicted molar refractivity (Wildman–Crippen MR) is 81.2 cm³/mol.